The van der Waals surface area contributed by atoms with Crippen molar-refractivity contribution in [3.63, 3.8) is 0 Å². The van der Waals surface area contributed by atoms with E-state index < -0.39 is 0 Å². The van der Waals surface area contributed by atoms with Crippen LogP contribution < -0.4 is 5.46 Å². The third-order valence-electron chi connectivity index (χ3n) is 2.12. The Hall–Kier alpha value is -0.755. The Bertz CT molecular complexity index is 269. The number of aliphatic hydroxyl groups is 1. The van der Waals surface area contributed by atoms with Crippen molar-refractivity contribution in [2.45, 2.75) is 20.5 Å². The second-order valence-electron chi connectivity index (χ2n) is 3.02. The average Bonchev–Trinajstić information content (AvgIpc) is 1.97. The van der Waals surface area contributed by atoms with Gasteiger partial charge in [0, 0.05) is 0 Å². The maximum Gasteiger partial charge on any atom is 0.139 e. The Morgan fingerprint density at radius 1 is 1.27 bits per heavy atom. The summed E-state index contributed by atoms with van der Waals surface area (Å²) in [6.45, 7) is 4.26. The fourth-order valence-electron chi connectivity index (χ4n) is 1.19. The fourth-order valence-corrected chi connectivity index (χ4v) is 1.19. The Morgan fingerprint density at radius 2 is 1.91 bits per heavy atom. The summed E-state index contributed by atoms with van der Waals surface area (Å²) in [5.74, 6) is 0. The first kappa shape index (κ1) is 8.34. The van der Waals surface area contributed by atoms with Crippen molar-refractivity contribution >= 4 is 13.3 Å². The maximum atomic E-state index is 8.93. The second-order valence-corrected chi connectivity index (χ2v) is 3.02. The SMILES string of the molecule is Bc1cc(CO)c(C)cc1C. The number of aliphatic hydroxyl groups excluding tert-OH is 1. The normalized spacial score (nSPS) is 10.1. The van der Waals surface area contributed by atoms with Gasteiger partial charge in [0.1, 0.15) is 7.85 Å². The number of rotatable bonds is 1. The van der Waals surface area contributed by atoms with E-state index in [1.165, 1.54) is 16.6 Å². The molecule has 0 aliphatic heterocycles. The van der Waals surface area contributed by atoms with E-state index in [2.05, 4.69) is 20.8 Å². The van der Waals surface area contributed by atoms with E-state index in [-0.39, 0.29) is 6.61 Å². The minimum absolute atomic E-state index is 0.146. The molecule has 0 fully saturated rings. The van der Waals surface area contributed by atoms with E-state index in [9.17, 15) is 0 Å². The van der Waals surface area contributed by atoms with Crippen molar-refractivity contribution in [2.24, 2.45) is 0 Å². The minimum Gasteiger partial charge on any atom is -0.392 e. The number of aryl methyl sites for hydroxylation is 2. The van der Waals surface area contributed by atoms with Gasteiger partial charge in [0.2, 0.25) is 0 Å². The first-order valence-electron chi connectivity index (χ1n) is 3.82. The zero-order chi connectivity index (χ0) is 8.43. The number of hydrogen-bond acceptors (Lipinski definition) is 1. The first-order valence-corrected chi connectivity index (χ1v) is 3.82. The van der Waals surface area contributed by atoms with Crippen LogP contribution in [0.15, 0.2) is 12.1 Å². The molecule has 0 aliphatic carbocycles. The summed E-state index contributed by atoms with van der Waals surface area (Å²) in [7, 11) is 2.06. The van der Waals surface area contributed by atoms with Crippen LogP contribution in [-0.4, -0.2) is 13.0 Å². The molecular weight excluding hydrogens is 135 g/mol. The highest BCUT2D eigenvalue weighted by Gasteiger charge is 1.98. The van der Waals surface area contributed by atoms with Crippen LogP contribution >= 0.6 is 0 Å². The molecule has 1 aromatic rings. The van der Waals surface area contributed by atoms with Crippen molar-refractivity contribution < 1.29 is 5.11 Å². The molecule has 0 radical (unpaired) electrons. The smallest absolute Gasteiger partial charge is 0.139 e. The Balaban J connectivity index is 3.21. The molecule has 0 saturated carbocycles. The summed E-state index contributed by atoms with van der Waals surface area (Å²) >= 11 is 0. The summed E-state index contributed by atoms with van der Waals surface area (Å²) in [4.78, 5) is 0. The monoisotopic (exact) mass is 148 g/mol. The zero-order valence-electron chi connectivity index (χ0n) is 7.31. The Labute approximate surface area is 68.5 Å². The van der Waals surface area contributed by atoms with E-state index in [0.717, 1.165) is 5.56 Å². The van der Waals surface area contributed by atoms with Crippen LogP contribution in [-0.2, 0) is 6.61 Å². The van der Waals surface area contributed by atoms with Gasteiger partial charge in [-0.05, 0) is 25.0 Å². The van der Waals surface area contributed by atoms with Gasteiger partial charge in [0.05, 0.1) is 6.61 Å². The van der Waals surface area contributed by atoms with Gasteiger partial charge in [-0.25, -0.2) is 0 Å². The lowest BCUT2D eigenvalue weighted by atomic mass is 9.88. The molecule has 1 rings (SSSR count). The van der Waals surface area contributed by atoms with Crippen LogP contribution in [0.25, 0.3) is 0 Å². The molecule has 0 aromatic heterocycles. The third kappa shape index (κ3) is 1.63. The molecule has 0 saturated heterocycles. The minimum atomic E-state index is 0.146. The van der Waals surface area contributed by atoms with E-state index in [1.807, 2.05) is 13.0 Å². The van der Waals surface area contributed by atoms with E-state index in [1.54, 1.807) is 0 Å². The maximum absolute atomic E-state index is 8.93. The molecule has 1 aromatic carbocycles. The van der Waals surface area contributed by atoms with E-state index in [4.69, 9.17) is 5.11 Å². The molecule has 0 heterocycles. The summed E-state index contributed by atoms with van der Waals surface area (Å²) < 4.78 is 0. The van der Waals surface area contributed by atoms with Crippen molar-refractivity contribution in [3.05, 3.63) is 28.8 Å². The molecular formula is C9H13BO. The van der Waals surface area contributed by atoms with Crippen LogP contribution in [0, 0.1) is 13.8 Å². The van der Waals surface area contributed by atoms with Gasteiger partial charge in [0.25, 0.3) is 0 Å². The van der Waals surface area contributed by atoms with Crippen molar-refractivity contribution in [2.75, 3.05) is 0 Å². The van der Waals surface area contributed by atoms with Gasteiger partial charge in [-0.15, -0.1) is 0 Å². The lowest BCUT2D eigenvalue weighted by molar-refractivity contribution is 0.281. The predicted octanol–water partition coefficient (Wildman–Crippen LogP) is 0.0541. The molecule has 0 bridgehead atoms. The average molecular weight is 148 g/mol. The van der Waals surface area contributed by atoms with Gasteiger partial charge < -0.3 is 5.11 Å². The second kappa shape index (κ2) is 3.10. The molecule has 0 spiro atoms. The molecule has 0 aliphatic rings. The summed E-state index contributed by atoms with van der Waals surface area (Å²) in [6.07, 6.45) is 0. The van der Waals surface area contributed by atoms with Gasteiger partial charge in [-0.2, -0.15) is 0 Å². The van der Waals surface area contributed by atoms with Crippen LogP contribution in [0.5, 0.6) is 0 Å². The van der Waals surface area contributed by atoms with Gasteiger partial charge in [-0.3, -0.25) is 0 Å². The quantitative estimate of drug-likeness (QED) is 0.558. The fraction of sp³-hybridized carbons (Fsp3) is 0.333. The highest BCUT2D eigenvalue weighted by Crippen LogP contribution is 2.07. The van der Waals surface area contributed by atoms with Crippen molar-refractivity contribution in [3.8, 4) is 0 Å². The van der Waals surface area contributed by atoms with Gasteiger partial charge >= 0.3 is 0 Å². The molecule has 0 unspecified atom stereocenters. The molecule has 1 nitrogen and oxygen atoms in total. The summed E-state index contributed by atoms with van der Waals surface area (Å²) in [5, 5.41) is 8.93. The molecule has 2 heteroatoms. The van der Waals surface area contributed by atoms with E-state index >= 15 is 0 Å². The summed E-state index contributed by atoms with van der Waals surface area (Å²) in [5.41, 5.74) is 4.75. The van der Waals surface area contributed by atoms with Gasteiger partial charge in [-0.1, -0.05) is 23.2 Å². The molecule has 11 heavy (non-hydrogen) atoms. The van der Waals surface area contributed by atoms with Crippen LogP contribution in [0.3, 0.4) is 0 Å². The number of hydrogen-bond donors (Lipinski definition) is 1. The molecule has 1 N–H and O–H groups in total. The van der Waals surface area contributed by atoms with Crippen LogP contribution in [0.2, 0.25) is 0 Å². The largest absolute Gasteiger partial charge is 0.392 e. The summed E-state index contributed by atoms with van der Waals surface area (Å²) in [6, 6.07) is 4.16. The standard InChI is InChI=1S/C9H13BO/c1-6-3-7(2)9(10)4-8(6)5-11/h3-4,11H,5,10H2,1-2H3. The first-order chi connectivity index (χ1) is 5.15. The number of benzene rings is 1. The van der Waals surface area contributed by atoms with Gasteiger partial charge in [0.15, 0.2) is 0 Å². The molecule has 58 valence electrons. The molecule has 0 atom stereocenters. The van der Waals surface area contributed by atoms with Crippen molar-refractivity contribution in [1.82, 2.24) is 0 Å². The lowest BCUT2D eigenvalue weighted by Gasteiger charge is -2.06. The zero-order valence-corrected chi connectivity index (χ0v) is 7.31. The van der Waals surface area contributed by atoms with Crippen molar-refractivity contribution in [1.29, 1.82) is 0 Å². The Morgan fingerprint density at radius 3 is 2.45 bits per heavy atom. The topological polar surface area (TPSA) is 20.2 Å². The molecule has 0 amide bonds. The lowest BCUT2D eigenvalue weighted by Crippen LogP contribution is -2.09. The van der Waals surface area contributed by atoms with Crippen LogP contribution in [0.1, 0.15) is 16.7 Å². The van der Waals surface area contributed by atoms with E-state index in [0.29, 0.717) is 0 Å². The third-order valence-corrected chi connectivity index (χ3v) is 2.12. The highest BCUT2D eigenvalue weighted by atomic mass is 16.3. The van der Waals surface area contributed by atoms with Crippen LogP contribution in [0.4, 0.5) is 0 Å². The predicted molar refractivity (Wildman–Crippen MR) is 50.0 cm³/mol. The highest BCUT2D eigenvalue weighted by molar-refractivity contribution is 6.33. The Kier molecular flexibility index (Phi) is 2.35.